The van der Waals surface area contributed by atoms with Crippen LogP contribution in [0, 0.1) is 0 Å². The molecule has 0 atom stereocenters. The Hall–Kier alpha value is -0.520. The van der Waals surface area contributed by atoms with E-state index in [0.29, 0.717) is 6.04 Å². The molecule has 0 radical (unpaired) electrons. The van der Waals surface area contributed by atoms with Gasteiger partial charge >= 0.3 is 0 Å². The number of aromatic nitrogens is 2. The van der Waals surface area contributed by atoms with Crippen LogP contribution in [-0.2, 0) is 0 Å². The Morgan fingerprint density at radius 2 is 2.12 bits per heavy atom. The highest BCUT2D eigenvalue weighted by Gasteiger charge is 2.17. The normalized spacial score (nSPS) is 17.0. The molecule has 1 aromatic rings. The molecule has 6 heteroatoms. The number of nitrogens with zero attached hydrogens (tertiary/aromatic N) is 3. The number of thioether (sulfide) groups is 1. The summed E-state index contributed by atoms with van der Waals surface area (Å²) in [5, 5.41) is 0.836. The number of anilines is 1. The summed E-state index contributed by atoms with van der Waals surface area (Å²) in [5.74, 6) is 1.03. The van der Waals surface area contributed by atoms with Gasteiger partial charge in [-0.2, -0.15) is 0 Å². The van der Waals surface area contributed by atoms with E-state index >= 15 is 0 Å². The average Bonchev–Trinajstić information content (AvgIpc) is 2.30. The van der Waals surface area contributed by atoms with Crippen LogP contribution in [0.1, 0.15) is 12.8 Å². The molecule has 1 fully saturated rings. The summed E-state index contributed by atoms with van der Waals surface area (Å²) in [7, 11) is 0. The van der Waals surface area contributed by atoms with Crippen molar-refractivity contribution < 1.29 is 0 Å². The highest BCUT2D eigenvalue weighted by atomic mass is 35.5. The zero-order valence-corrected chi connectivity index (χ0v) is 10.9. The molecule has 4 nitrogen and oxygen atoms in total. The van der Waals surface area contributed by atoms with E-state index in [2.05, 4.69) is 14.9 Å². The van der Waals surface area contributed by atoms with Crippen LogP contribution in [-0.4, -0.2) is 35.4 Å². The zero-order valence-electron chi connectivity index (χ0n) is 9.30. The summed E-state index contributed by atoms with van der Waals surface area (Å²) in [6, 6.07) is 2.33. The van der Waals surface area contributed by atoms with Gasteiger partial charge in [-0.25, -0.2) is 9.97 Å². The van der Waals surface area contributed by atoms with Crippen LogP contribution in [0.3, 0.4) is 0 Å². The fourth-order valence-corrected chi connectivity index (χ4v) is 2.09. The number of halogens is 1. The molecular weight excluding hydrogens is 244 g/mol. The van der Waals surface area contributed by atoms with E-state index in [1.165, 1.54) is 0 Å². The summed E-state index contributed by atoms with van der Waals surface area (Å²) in [6.07, 6.45) is 5.92. The summed E-state index contributed by atoms with van der Waals surface area (Å²) >= 11 is 1.57. The van der Waals surface area contributed by atoms with Crippen molar-refractivity contribution in [1.29, 1.82) is 0 Å². The molecule has 0 aromatic carbocycles. The van der Waals surface area contributed by atoms with Gasteiger partial charge in [0, 0.05) is 25.3 Å². The predicted octanol–water partition coefficient (Wildman–Crippen LogP) is 1.55. The van der Waals surface area contributed by atoms with Crippen molar-refractivity contribution in [3.05, 3.63) is 12.3 Å². The van der Waals surface area contributed by atoms with E-state index in [1.54, 1.807) is 11.8 Å². The van der Waals surface area contributed by atoms with Crippen LogP contribution < -0.4 is 10.6 Å². The van der Waals surface area contributed by atoms with Gasteiger partial charge in [0.1, 0.15) is 5.82 Å². The van der Waals surface area contributed by atoms with E-state index in [1.807, 2.05) is 18.5 Å². The Labute approximate surface area is 106 Å². The van der Waals surface area contributed by atoms with Gasteiger partial charge < -0.3 is 10.6 Å². The molecule has 0 spiro atoms. The van der Waals surface area contributed by atoms with Gasteiger partial charge in [0.15, 0.2) is 5.16 Å². The van der Waals surface area contributed by atoms with Crippen LogP contribution in [0.25, 0.3) is 0 Å². The second-order valence-corrected chi connectivity index (χ2v) is 4.50. The smallest absolute Gasteiger partial charge is 0.189 e. The Morgan fingerprint density at radius 3 is 2.75 bits per heavy atom. The first-order chi connectivity index (χ1) is 7.29. The molecular formula is C10H17ClN4S. The summed E-state index contributed by atoms with van der Waals surface area (Å²) in [5.41, 5.74) is 5.87. The van der Waals surface area contributed by atoms with Gasteiger partial charge in [0.2, 0.25) is 0 Å². The van der Waals surface area contributed by atoms with Crippen molar-refractivity contribution >= 4 is 30.0 Å². The third-order valence-corrected chi connectivity index (χ3v) is 3.23. The van der Waals surface area contributed by atoms with Crippen LogP contribution >= 0.6 is 24.2 Å². The predicted molar refractivity (Wildman–Crippen MR) is 70.5 cm³/mol. The molecule has 1 aliphatic rings. The van der Waals surface area contributed by atoms with E-state index < -0.39 is 0 Å². The lowest BCUT2D eigenvalue weighted by Crippen LogP contribution is -2.40. The maximum atomic E-state index is 5.87. The molecule has 1 aliphatic heterocycles. The van der Waals surface area contributed by atoms with E-state index in [-0.39, 0.29) is 12.4 Å². The monoisotopic (exact) mass is 260 g/mol. The lowest BCUT2D eigenvalue weighted by molar-refractivity contribution is 0.497. The Balaban J connectivity index is 0.00000128. The topological polar surface area (TPSA) is 55.0 Å². The zero-order chi connectivity index (χ0) is 10.7. The van der Waals surface area contributed by atoms with E-state index in [4.69, 9.17) is 5.73 Å². The average molecular weight is 261 g/mol. The van der Waals surface area contributed by atoms with Gasteiger partial charge in [-0.05, 0) is 25.2 Å². The molecule has 2 rings (SSSR count). The Kier molecular flexibility index (Phi) is 5.31. The maximum Gasteiger partial charge on any atom is 0.189 e. The molecule has 2 N–H and O–H groups in total. The third-order valence-electron chi connectivity index (χ3n) is 2.66. The first kappa shape index (κ1) is 13.5. The van der Waals surface area contributed by atoms with Gasteiger partial charge in [0.05, 0.1) is 0 Å². The van der Waals surface area contributed by atoms with E-state index in [9.17, 15) is 0 Å². The second-order valence-electron chi connectivity index (χ2n) is 3.73. The molecule has 2 heterocycles. The highest BCUT2D eigenvalue weighted by Crippen LogP contribution is 2.18. The van der Waals surface area contributed by atoms with Gasteiger partial charge in [-0.1, -0.05) is 11.8 Å². The molecule has 0 unspecified atom stereocenters. The minimum absolute atomic E-state index is 0. The van der Waals surface area contributed by atoms with E-state index in [0.717, 1.165) is 36.9 Å². The molecule has 1 saturated heterocycles. The van der Waals surface area contributed by atoms with Crippen molar-refractivity contribution in [3.8, 4) is 0 Å². The summed E-state index contributed by atoms with van der Waals surface area (Å²) < 4.78 is 0. The standard InChI is InChI=1S/C10H16N4S.ClH/c1-15-10-12-5-2-9(13-10)14-6-3-8(11)4-7-14;/h2,5,8H,3-4,6-7,11H2,1H3;1H. The molecule has 0 saturated carbocycles. The summed E-state index contributed by atoms with van der Waals surface area (Å²) in [6.45, 7) is 2.01. The van der Waals surface area contributed by atoms with Crippen LogP contribution in [0.5, 0.6) is 0 Å². The number of nitrogens with two attached hydrogens (primary N) is 1. The van der Waals surface area contributed by atoms with Crippen molar-refractivity contribution in [3.63, 3.8) is 0 Å². The minimum Gasteiger partial charge on any atom is -0.356 e. The highest BCUT2D eigenvalue weighted by molar-refractivity contribution is 7.98. The Bertz CT molecular complexity index is 328. The minimum atomic E-state index is 0. The first-order valence-corrected chi connectivity index (χ1v) is 6.39. The van der Waals surface area contributed by atoms with Crippen molar-refractivity contribution in [2.45, 2.75) is 24.0 Å². The van der Waals surface area contributed by atoms with Crippen LogP contribution in [0.15, 0.2) is 17.4 Å². The third kappa shape index (κ3) is 3.23. The first-order valence-electron chi connectivity index (χ1n) is 5.17. The van der Waals surface area contributed by atoms with Gasteiger partial charge in [-0.3, -0.25) is 0 Å². The number of rotatable bonds is 2. The van der Waals surface area contributed by atoms with Crippen molar-refractivity contribution in [2.24, 2.45) is 5.73 Å². The van der Waals surface area contributed by atoms with Crippen LogP contribution in [0.4, 0.5) is 5.82 Å². The lowest BCUT2D eigenvalue weighted by Gasteiger charge is -2.30. The molecule has 0 bridgehead atoms. The second kappa shape index (κ2) is 6.27. The molecule has 16 heavy (non-hydrogen) atoms. The lowest BCUT2D eigenvalue weighted by atomic mass is 10.1. The molecule has 1 aromatic heterocycles. The molecule has 0 amide bonds. The van der Waals surface area contributed by atoms with Crippen molar-refractivity contribution in [1.82, 2.24) is 9.97 Å². The Morgan fingerprint density at radius 1 is 1.44 bits per heavy atom. The quantitative estimate of drug-likeness (QED) is 0.646. The molecule has 0 aliphatic carbocycles. The fourth-order valence-electron chi connectivity index (χ4n) is 1.73. The maximum absolute atomic E-state index is 5.87. The van der Waals surface area contributed by atoms with Gasteiger partial charge in [0.25, 0.3) is 0 Å². The number of piperidine rings is 1. The van der Waals surface area contributed by atoms with Gasteiger partial charge in [-0.15, -0.1) is 12.4 Å². The largest absolute Gasteiger partial charge is 0.356 e. The fraction of sp³-hybridized carbons (Fsp3) is 0.600. The SMILES string of the molecule is CSc1nccc(N2CCC(N)CC2)n1.Cl. The number of hydrogen-bond acceptors (Lipinski definition) is 5. The van der Waals surface area contributed by atoms with Crippen LogP contribution in [0.2, 0.25) is 0 Å². The molecule has 90 valence electrons. The summed E-state index contributed by atoms with van der Waals surface area (Å²) in [4.78, 5) is 10.9. The number of hydrogen-bond donors (Lipinski definition) is 1. The van der Waals surface area contributed by atoms with Crippen molar-refractivity contribution in [2.75, 3.05) is 24.2 Å².